The largest absolute Gasteiger partial charge is 0.416 e. The first-order valence-electron chi connectivity index (χ1n) is 10.4. The first-order valence-corrected chi connectivity index (χ1v) is 10.4. The maximum Gasteiger partial charge on any atom is 0.416 e. The summed E-state index contributed by atoms with van der Waals surface area (Å²) in [7, 11) is 1.66. The zero-order valence-electron chi connectivity index (χ0n) is 18.5. The van der Waals surface area contributed by atoms with Crippen molar-refractivity contribution < 1.29 is 22.7 Å². The first-order chi connectivity index (χ1) is 15.3. The molecule has 3 rings (SSSR count). The smallest absolute Gasteiger partial charge is 0.370 e. The molecule has 0 radical (unpaired) electrons. The Morgan fingerprint density at radius 1 is 1.18 bits per heavy atom. The minimum atomic E-state index is -4.39. The molecular weight excluding hydrogens is 548 g/mol. The van der Waals surface area contributed by atoms with E-state index in [-0.39, 0.29) is 29.9 Å². The fourth-order valence-corrected chi connectivity index (χ4v) is 3.51. The third-order valence-electron chi connectivity index (χ3n) is 5.17. The number of guanidine groups is 1. The highest BCUT2D eigenvalue weighted by Gasteiger charge is 2.32. The normalized spacial score (nSPS) is 16.7. The number of amides is 1. The van der Waals surface area contributed by atoms with Gasteiger partial charge in [0, 0.05) is 32.2 Å². The zero-order chi connectivity index (χ0) is 23.1. The Bertz CT molecular complexity index is 951. The van der Waals surface area contributed by atoms with Crippen LogP contribution in [0.25, 0.3) is 0 Å². The van der Waals surface area contributed by atoms with Crippen LogP contribution >= 0.6 is 24.0 Å². The van der Waals surface area contributed by atoms with E-state index in [4.69, 9.17) is 4.74 Å². The van der Waals surface area contributed by atoms with Crippen molar-refractivity contribution >= 4 is 35.8 Å². The Hall–Kier alpha value is -2.34. The van der Waals surface area contributed by atoms with Gasteiger partial charge >= 0.3 is 6.18 Å². The molecule has 1 saturated heterocycles. The monoisotopic (exact) mass is 576 g/mol. The van der Waals surface area contributed by atoms with Crippen LogP contribution < -0.4 is 10.6 Å². The molecule has 1 heterocycles. The molecule has 180 valence electrons. The van der Waals surface area contributed by atoms with Crippen LogP contribution in [0.15, 0.2) is 53.5 Å². The number of morpholine rings is 1. The van der Waals surface area contributed by atoms with Gasteiger partial charge in [0.2, 0.25) is 0 Å². The number of benzene rings is 2. The van der Waals surface area contributed by atoms with E-state index in [1.165, 1.54) is 6.07 Å². The summed E-state index contributed by atoms with van der Waals surface area (Å²) < 4.78 is 44.9. The molecule has 1 aliphatic heterocycles. The van der Waals surface area contributed by atoms with Crippen LogP contribution in [0.4, 0.5) is 13.2 Å². The van der Waals surface area contributed by atoms with E-state index < -0.39 is 17.8 Å². The molecule has 1 atom stereocenters. The number of hydrogen-bond acceptors (Lipinski definition) is 3. The first kappa shape index (κ1) is 26.9. The second-order valence-corrected chi connectivity index (χ2v) is 7.39. The summed E-state index contributed by atoms with van der Waals surface area (Å²) in [5.74, 6) is 0.523. The van der Waals surface area contributed by atoms with Gasteiger partial charge in [-0.25, -0.2) is 0 Å². The van der Waals surface area contributed by atoms with Gasteiger partial charge in [-0.15, -0.1) is 24.0 Å². The lowest BCUT2D eigenvalue weighted by atomic mass is 10.0. The second kappa shape index (κ2) is 12.2. The predicted molar refractivity (Wildman–Crippen MR) is 132 cm³/mol. The highest BCUT2D eigenvalue weighted by atomic mass is 127. The molecule has 6 nitrogen and oxygen atoms in total. The second-order valence-electron chi connectivity index (χ2n) is 7.39. The number of ether oxygens (including phenoxy) is 1. The molecule has 10 heteroatoms. The summed E-state index contributed by atoms with van der Waals surface area (Å²) in [4.78, 5) is 18.2. The fraction of sp³-hybridized carbons (Fsp3) is 0.391. The van der Waals surface area contributed by atoms with Crippen LogP contribution in [-0.2, 0) is 17.5 Å². The molecule has 2 aromatic rings. The summed E-state index contributed by atoms with van der Waals surface area (Å²) in [5, 5.41) is 6.04. The number of nitrogens with zero attached hydrogens (tertiary/aromatic N) is 2. The topological polar surface area (TPSA) is 66.0 Å². The summed E-state index contributed by atoms with van der Waals surface area (Å²) in [6.07, 6.45) is -4.88. The quantitative estimate of drug-likeness (QED) is 0.318. The maximum absolute atomic E-state index is 13.1. The minimum absolute atomic E-state index is 0. The van der Waals surface area contributed by atoms with Crippen molar-refractivity contribution in [2.24, 2.45) is 4.99 Å². The molecular formula is C23H28F3IN4O2. The molecule has 0 saturated carbocycles. The lowest BCUT2D eigenvalue weighted by molar-refractivity contribution is -0.137. The van der Waals surface area contributed by atoms with Crippen LogP contribution in [0.2, 0.25) is 0 Å². The van der Waals surface area contributed by atoms with Gasteiger partial charge in [0.1, 0.15) is 6.10 Å². The van der Waals surface area contributed by atoms with Crippen LogP contribution in [0.5, 0.6) is 0 Å². The molecule has 2 N–H and O–H groups in total. The summed E-state index contributed by atoms with van der Waals surface area (Å²) >= 11 is 0. The number of nitrogens with one attached hydrogen (secondary N) is 2. The molecule has 1 amide bonds. The Morgan fingerprint density at radius 3 is 2.55 bits per heavy atom. The number of hydrogen-bond donors (Lipinski definition) is 2. The molecule has 0 aliphatic carbocycles. The summed E-state index contributed by atoms with van der Waals surface area (Å²) in [5.41, 5.74) is 1.37. The third kappa shape index (κ3) is 7.32. The van der Waals surface area contributed by atoms with Crippen LogP contribution in [0.1, 0.15) is 40.1 Å². The number of rotatable bonds is 5. The molecule has 0 bridgehead atoms. The van der Waals surface area contributed by atoms with E-state index in [1.807, 2.05) is 24.0 Å². The van der Waals surface area contributed by atoms with Gasteiger partial charge in [0.05, 0.1) is 18.7 Å². The van der Waals surface area contributed by atoms with Gasteiger partial charge in [0.25, 0.3) is 5.91 Å². The van der Waals surface area contributed by atoms with E-state index >= 15 is 0 Å². The maximum atomic E-state index is 13.1. The molecule has 2 aromatic carbocycles. The van der Waals surface area contributed by atoms with Crippen molar-refractivity contribution in [2.45, 2.75) is 25.7 Å². The summed E-state index contributed by atoms with van der Waals surface area (Å²) in [6, 6.07) is 12.5. The summed E-state index contributed by atoms with van der Waals surface area (Å²) in [6.45, 7) is 4.27. The van der Waals surface area contributed by atoms with Gasteiger partial charge in [-0.05, 0) is 42.3 Å². The van der Waals surface area contributed by atoms with E-state index in [9.17, 15) is 18.0 Å². The number of halogens is 4. The molecule has 0 aromatic heterocycles. The number of carbonyl (C=O) groups is 1. The Labute approximate surface area is 208 Å². The van der Waals surface area contributed by atoms with Crippen LogP contribution in [0.3, 0.4) is 0 Å². The Morgan fingerprint density at radius 2 is 1.91 bits per heavy atom. The standard InChI is InChI=1S/C23H27F3N4O2.HI/c1-3-28-21(31)17-9-7-16(8-10-17)14-29-22(27-2)30-11-12-32-20(15-30)18-5-4-6-19(13-18)23(24,25)26;/h4-10,13,20H,3,11-12,14-15H2,1-2H3,(H,27,29)(H,28,31);1H. The van der Waals surface area contributed by atoms with E-state index in [2.05, 4.69) is 15.6 Å². The average Bonchev–Trinajstić information content (AvgIpc) is 2.80. The SMILES string of the molecule is CCNC(=O)c1ccc(CNC(=NC)N2CCOC(c3cccc(C(F)(F)F)c3)C2)cc1.I. The van der Waals surface area contributed by atoms with Crippen molar-refractivity contribution in [2.75, 3.05) is 33.3 Å². The van der Waals surface area contributed by atoms with Crippen molar-refractivity contribution in [1.82, 2.24) is 15.5 Å². The lowest BCUT2D eigenvalue weighted by Gasteiger charge is -2.35. The number of aliphatic imine (C=N–C) groups is 1. The number of alkyl halides is 3. The van der Waals surface area contributed by atoms with Crippen molar-refractivity contribution in [3.63, 3.8) is 0 Å². The van der Waals surface area contributed by atoms with Crippen molar-refractivity contribution in [1.29, 1.82) is 0 Å². The van der Waals surface area contributed by atoms with Crippen LogP contribution in [-0.4, -0.2) is 50.1 Å². The average molecular weight is 576 g/mol. The van der Waals surface area contributed by atoms with Gasteiger partial charge in [-0.3, -0.25) is 9.79 Å². The van der Waals surface area contributed by atoms with E-state index in [0.29, 0.717) is 49.9 Å². The minimum Gasteiger partial charge on any atom is -0.370 e. The fourth-order valence-electron chi connectivity index (χ4n) is 3.51. The Balaban J connectivity index is 0.00000385. The zero-order valence-corrected chi connectivity index (χ0v) is 20.8. The van der Waals surface area contributed by atoms with E-state index in [0.717, 1.165) is 17.7 Å². The molecule has 1 fully saturated rings. The van der Waals surface area contributed by atoms with Crippen LogP contribution in [0, 0.1) is 0 Å². The highest BCUT2D eigenvalue weighted by molar-refractivity contribution is 14.0. The van der Waals surface area contributed by atoms with Gasteiger partial charge in [-0.2, -0.15) is 13.2 Å². The lowest BCUT2D eigenvalue weighted by Crippen LogP contribution is -2.48. The molecule has 1 aliphatic rings. The molecule has 33 heavy (non-hydrogen) atoms. The Kier molecular flexibility index (Phi) is 9.96. The van der Waals surface area contributed by atoms with Crippen molar-refractivity contribution in [3.8, 4) is 0 Å². The van der Waals surface area contributed by atoms with E-state index in [1.54, 1.807) is 25.2 Å². The predicted octanol–water partition coefficient (Wildman–Crippen LogP) is 4.22. The molecule has 1 unspecified atom stereocenters. The van der Waals surface area contributed by atoms with Gasteiger partial charge in [0.15, 0.2) is 5.96 Å². The third-order valence-corrected chi connectivity index (χ3v) is 5.17. The van der Waals surface area contributed by atoms with Gasteiger partial charge in [-0.1, -0.05) is 24.3 Å². The number of carbonyl (C=O) groups excluding carboxylic acids is 1. The molecule has 0 spiro atoms. The van der Waals surface area contributed by atoms with Gasteiger partial charge < -0.3 is 20.3 Å². The van der Waals surface area contributed by atoms with Crippen molar-refractivity contribution in [3.05, 3.63) is 70.8 Å². The highest BCUT2D eigenvalue weighted by Crippen LogP contribution is 2.32.